The zero-order valence-corrected chi connectivity index (χ0v) is 11.1. The molecule has 104 valence electrons. The first kappa shape index (κ1) is 14.1. The third kappa shape index (κ3) is 3.59. The Morgan fingerprint density at radius 2 is 1.90 bits per heavy atom. The van der Waals surface area contributed by atoms with E-state index in [-0.39, 0.29) is 5.56 Å². The smallest absolute Gasteiger partial charge is 0.335 e. The van der Waals surface area contributed by atoms with Gasteiger partial charge in [0, 0.05) is 0 Å². The Balaban J connectivity index is 2.01. The van der Waals surface area contributed by atoms with Crippen LogP contribution in [0.2, 0.25) is 0 Å². The van der Waals surface area contributed by atoms with Crippen molar-refractivity contribution in [3.05, 3.63) is 65.2 Å². The van der Waals surface area contributed by atoms with Crippen LogP contribution in [-0.4, -0.2) is 16.2 Å². The van der Waals surface area contributed by atoms with Crippen LogP contribution in [0, 0.1) is 0 Å². The normalized spacial score (nSPS) is 11.9. The molecule has 4 nitrogen and oxygen atoms in total. The standard InChI is InChI=1S/C16H16O4/c1-11(17)14-3-2-4-15(9-14)20-10-12-5-7-13(8-6-12)16(18)19/h2-9,11,17H,10H2,1H3,(H,18,19)/t11-/m1/s1. The van der Waals surface area contributed by atoms with Crippen molar-refractivity contribution in [2.75, 3.05) is 0 Å². The molecular weight excluding hydrogens is 256 g/mol. The summed E-state index contributed by atoms with van der Waals surface area (Å²) in [4.78, 5) is 10.7. The molecule has 0 aromatic heterocycles. The van der Waals surface area contributed by atoms with Gasteiger partial charge in [0.05, 0.1) is 11.7 Å². The average Bonchev–Trinajstić information content (AvgIpc) is 2.46. The minimum absolute atomic E-state index is 0.254. The van der Waals surface area contributed by atoms with Gasteiger partial charge in [-0.25, -0.2) is 4.79 Å². The van der Waals surface area contributed by atoms with Gasteiger partial charge in [-0.2, -0.15) is 0 Å². The fourth-order valence-electron chi connectivity index (χ4n) is 1.77. The van der Waals surface area contributed by atoms with Gasteiger partial charge >= 0.3 is 5.97 Å². The molecule has 0 aliphatic heterocycles. The highest BCUT2D eigenvalue weighted by molar-refractivity contribution is 5.87. The molecule has 0 aliphatic carbocycles. The minimum Gasteiger partial charge on any atom is -0.489 e. The van der Waals surface area contributed by atoms with Crippen molar-refractivity contribution >= 4 is 5.97 Å². The van der Waals surface area contributed by atoms with E-state index in [2.05, 4.69) is 0 Å². The average molecular weight is 272 g/mol. The quantitative estimate of drug-likeness (QED) is 0.878. The van der Waals surface area contributed by atoms with Gasteiger partial charge in [-0.1, -0.05) is 24.3 Å². The molecule has 0 bridgehead atoms. The SMILES string of the molecule is C[C@@H](O)c1cccc(OCc2ccc(C(=O)O)cc2)c1. The number of aliphatic hydroxyl groups excluding tert-OH is 1. The van der Waals surface area contributed by atoms with Crippen LogP contribution in [0.3, 0.4) is 0 Å². The van der Waals surface area contributed by atoms with Crippen LogP contribution in [0.25, 0.3) is 0 Å². The minimum atomic E-state index is -0.942. The monoisotopic (exact) mass is 272 g/mol. The van der Waals surface area contributed by atoms with Gasteiger partial charge in [0.15, 0.2) is 0 Å². The van der Waals surface area contributed by atoms with E-state index in [1.807, 2.05) is 18.2 Å². The van der Waals surface area contributed by atoms with Gasteiger partial charge in [0.1, 0.15) is 12.4 Å². The maximum atomic E-state index is 10.7. The van der Waals surface area contributed by atoms with Crippen molar-refractivity contribution in [2.24, 2.45) is 0 Å². The van der Waals surface area contributed by atoms with Gasteiger partial charge in [-0.3, -0.25) is 0 Å². The molecule has 1 atom stereocenters. The molecule has 20 heavy (non-hydrogen) atoms. The molecule has 0 fully saturated rings. The van der Waals surface area contributed by atoms with Crippen LogP contribution in [0.4, 0.5) is 0 Å². The third-order valence-electron chi connectivity index (χ3n) is 2.95. The molecular formula is C16H16O4. The van der Waals surface area contributed by atoms with Crippen LogP contribution in [0.15, 0.2) is 48.5 Å². The summed E-state index contributed by atoms with van der Waals surface area (Å²) in [6.07, 6.45) is -0.534. The lowest BCUT2D eigenvalue weighted by Crippen LogP contribution is -1.99. The first-order chi connectivity index (χ1) is 9.56. The zero-order valence-electron chi connectivity index (χ0n) is 11.1. The summed E-state index contributed by atoms with van der Waals surface area (Å²) >= 11 is 0. The van der Waals surface area contributed by atoms with Crippen molar-refractivity contribution in [3.8, 4) is 5.75 Å². The number of carboxylic acids is 1. The van der Waals surface area contributed by atoms with Gasteiger partial charge in [-0.05, 0) is 42.3 Å². The van der Waals surface area contributed by atoms with E-state index < -0.39 is 12.1 Å². The molecule has 0 heterocycles. The van der Waals surface area contributed by atoms with Gasteiger partial charge in [0.2, 0.25) is 0 Å². The van der Waals surface area contributed by atoms with E-state index in [0.717, 1.165) is 11.1 Å². The number of hydrogen-bond acceptors (Lipinski definition) is 3. The molecule has 4 heteroatoms. The fraction of sp³-hybridized carbons (Fsp3) is 0.188. The molecule has 2 aromatic carbocycles. The highest BCUT2D eigenvalue weighted by Gasteiger charge is 2.04. The van der Waals surface area contributed by atoms with Gasteiger partial charge in [-0.15, -0.1) is 0 Å². The topological polar surface area (TPSA) is 66.8 Å². The number of carbonyl (C=O) groups is 1. The maximum absolute atomic E-state index is 10.7. The van der Waals surface area contributed by atoms with Crippen molar-refractivity contribution in [1.82, 2.24) is 0 Å². The number of hydrogen-bond donors (Lipinski definition) is 2. The van der Waals surface area contributed by atoms with Crippen molar-refractivity contribution < 1.29 is 19.7 Å². The second-order valence-electron chi connectivity index (χ2n) is 4.54. The van der Waals surface area contributed by atoms with E-state index in [4.69, 9.17) is 9.84 Å². The van der Waals surface area contributed by atoms with Gasteiger partial charge in [0.25, 0.3) is 0 Å². The Morgan fingerprint density at radius 1 is 1.20 bits per heavy atom. The van der Waals surface area contributed by atoms with Crippen molar-refractivity contribution in [2.45, 2.75) is 19.6 Å². The number of aliphatic hydroxyl groups is 1. The summed E-state index contributed by atoms with van der Waals surface area (Å²) in [6.45, 7) is 2.05. The molecule has 0 spiro atoms. The number of ether oxygens (including phenoxy) is 1. The van der Waals surface area contributed by atoms with Crippen LogP contribution >= 0.6 is 0 Å². The van der Waals surface area contributed by atoms with Crippen LogP contribution < -0.4 is 4.74 Å². The summed E-state index contributed by atoms with van der Waals surface area (Å²) < 4.78 is 5.62. The Bertz CT molecular complexity index is 588. The van der Waals surface area contributed by atoms with Crippen LogP contribution in [0.1, 0.15) is 34.5 Å². The van der Waals surface area contributed by atoms with Crippen molar-refractivity contribution in [3.63, 3.8) is 0 Å². The summed E-state index contributed by atoms with van der Waals surface area (Å²) in [5, 5.41) is 18.3. The Kier molecular flexibility index (Phi) is 4.38. The number of carboxylic acid groups (broad SMARTS) is 1. The maximum Gasteiger partial charge on any atom is 0.335 e. The predicted octanol–water partition coefficient (Wildman–Crippen LogP) is 3.02. The van der Waals surface area contributed by atoms with Crippen LogP contribution in [-0.2, 0) is 6.61 Å². The van der Waals surface area contributed by atoms with Gasteiger partial charge < -0.3 is 14.9 Å². The Labute approximate surface area is 117 Å². The Hall–Kier alpha value is -2.33. The second kappa shape index (κ2) is 6.21. The summed E-state index contributed by atoms with van der Waals surface area (Å²) in [6, 6.07) is 13.8. The molecule has 0 amide bonds. The summed E-state index contributed by atoms with van der Waals surface area (Å²) in [5.41, 5.74) is 1.94. The predicted molar refractivity (Wildman–Crippen MR) is 74.8 cm³/mol. The molecule has 0 saturated heterocycles. The fourth-order valence-corrected chi connectivity index (χ4v) is 1.77. The number of rotatable bonds is 5. The molecule has 2 aromatic rings. The molecule has 0 radical (unpaired) electrons. The highest BCUT2D eigenvalue weighted by atomic mass is 16.5. The second-order valence-corrected chi connectivity index (χ2v) is 4.54. The van der Waals surface area contributed by atoms with E-state index in [1.54, 1.807) is 37.3 Å². The lowest BCUT2D eigenvalue weighted by Gasteiger charge is -2.09. The van der Waals surface area contributed by atoms with E-state index in [0.29, 0.717) is 12.4 Å². The Morgan fingerprint density at radius 3 is 2.50 bits per heavy atom. The molecule has 0 unspecified atom stereocenters. The number of aromatic carboxylic acids is 1. The van der Waals surface area contributed by atoms with Crippen molar-refractivity contribution in [1.29, 1.82) is 0 Å². The lowest BCUT2D eigenvalue weighted by molar-refractivity contribution is 0.0697. The molecule has 0 aliphatic rings. The highest BCUT2D eigenvalue weighted by Crippen LogP contribution is 2.19. The first-order valence-electron chi connectivity index (χ1n) is 6.29. The molecule has 2 rings (SSSR count). The van der Waals surface area contributed by atoms with E-state index >= 15 is 0 Å². The summed E-state index contributed by atoms with van der Waals surface area (Å²) in [5.74, 6) is -0.271. The first-order valence-corrected chi connectivity index (χ1v) is 6.29. The zero-order chi connectivity index (χ0) is 14.5. The van der Waals surface area contributed by atoms with E-state index in [1.165, 1.54) is 0 Å². The van der Waals surface area contributed by atoms with Crippen LogP contribution in [0.5, 0.6) is 5.75 Å². The molecule has 2 N–H and O–H groups in total. The summed E-state index contributed by atoms with van der Waals surface area (Å²) in [7, 11) is 0. The van der Waals surface area contributed by atoms with E-state index in [9.17, 15) is 9.90 Å². The third-order valence-corrected chi connectivity index (χ3v) is 2.95. The lowest BCUT2D eigenvalue weighted by atomic mass is 10.1. The number of benzene rings is 2. The molecule has 0 saturated carbocycles. The largest absolute Gasteiger partial charge is 0.489 e.